The lowest BCUT2D eigenvalue weighted by atomic mass is 10.0. The van der Waals surface area contributed by atoms with E-state index in [1.807, 2.05) is 37.3 Å². The highest BCUT2D eigenvalue weighted by Crippen LogP contribution is 2.15. The fourth-order valence-electron chi connectivity index (χ4n) is 2.77. The molecule has 1 amide bonds. The lowest BCUT2D eigenvalue weighted by Gasteiger charge is -2.15. The number of nitrogens with zero attached hydrogens (tertiary/aromatic N) is 1. The van der Waals surface area contributed by atoms with Crippen molar-refractivity contribution in [2.45, 2.75) is 45.1 Å². The number of rotatable bonds is 11. The molecular weight excluding hydrogens is 432 g/mol. The van der Waals surface area contributed by atoms with E-state index in [0.29, 0.717) is 5.71 Å². The summed E-state index contributed by atoms with van der Waals surface area (Å²) in [5.41, 5.74) is 2.14. The minimum absolute atomic E-state index is 0.00987. The van der Waals surface area contributed by atoms with E-state index < -0.39 is 27.9 Å². The summed E-state index contributed by atoms with van der Waals surface area (Å²) in [6.07, 6.45) is 0.272. The van der Waals surface area contributed by atoms with Crippen molar-refractivity contribution in [1.82, 2.24) is 5.32 Å². The Kier molecular flexibility index (Phi) is 9.39. The normalized spacial score (nSPS) is 12.7. The Morgan fingerprint density at radius 2 is 1.72 bits per heavy atom. The third-order valence-corrected chi connectivity index (χ3v) is 5.71. The number of ether oxygens (including phenoxy) is 1. The molecule has 0 spiro atoms. The Balaban J connectivity index is 1.98. The zero-order valence-corrected chi connectivity index (χ0v) is 19.2. The summed E-state index contributed by atoms with van der Waals surface area (Å²) in [7, 11) is -4.05. The summed E-state index contributed by atoms with van der Waals surface area (Å²) in [6.45, 7) is 5.49. The van der Waals surface area contributed by atoms with Gasteiger partial charge in [-0.2, -0.15) is 8.42 Å². The second kappa shape index (κ2) is 12.0. The smallest absolute Gasteiger partial charge is 0.358 e. The van der Waals surface area contributed by atoms with Gasteiger partial charge in [-0.15, -0.1) is 0 Å². The van der Waals surface area contributed by atoms with Crippen LogP contribution in [0.1, 0.15) is 37.8 Å². The quantitative estimate of drug-likeness (QED) is 0.238. The molecule has 0 radical (unpaired) electrons. The largest absolute Gasteiger partial charge is 0.465 e. The summed E-state index contributed by atoms with van der Waals surface area (Å²) in [6, 6.07) is 15.5. The van der Waals surface area contributed by atoms with Crippen LogP contribution in [0.3, 0.4) is 0 Å². The molecule has 1 N–H and O–H groups in total. The van der Waals surface area contributed by atoms with E-state index in [1.54, 1.807) is 26.0 Å². The average Bonchev–Trinajstić information content (AvgIpc) is 2.77. The third kappa shape index (κ3) is 7.81. The first-order valence-electron chi connectivity index (χ1n) is 10.2. The van der Waals surface area contributed by atoms with E-state index in [1.165, 1.54) is 12.1 Å². The molecule has 0 saturated carbocycles. The molecule has 8 nitrogen and oxygen atoms in total. The van der Waals surface area contributed by atoms with Gasteiger partial charge in [0.25, 0.3) is 0 Å². The van der Waals surface area contributed by atoms with E-state index in [2.05, 4.69) is 10.5 Å². The van der Waals surface area contributed by atoms with Gasteiger partial charge < -0.3 is 10.1 Å². The summed E-state index contributed by atoms with van der Waals surface area (Å²) >= 11 is 0. The van der Waals surface area contributed by atoms with Crippen molar-refractivity contribution in [3.8, 4) is 0 Å². The predicted molar refractivity (Wildman–Crippen MR) is 120 cm³/mol. The number of hydrogen-bond donors (Lipinski definition) is 1. The van der Waals surface area contributed by atoms with Crippen LogP contribution < -0.4 is 5.32 Å². The van der Waals surface area contributed by atoms with E-state index in [-0.39, 0.29) is 30.9 Å². The Hall–Kier alpha value is -3.20. The number of oxime groups is 1. The zero-order valence-electron chi connectivity index (χ0n) is 18.4. The average molecular weight is 461 g/mol. The van der Waals surface area contributed by atoms with E-state index in [4.69, 9.17) is 9.02 Å². The Labute approximate surface area is 188 Å². The molecule has 0 heterocycles. The van der Waals surface area contributed by atoms with E-state index >= 15 is 0 Å². The molecule has 0 aliphatic heterocycles. The fourth-order valence-corrected chi connectivity index (χ4v) is 3.55. The number of carbonyl (C=O) groups is 2. The molecule has 0 fully saturated rings. The molecule has 1 unspecified atom stereocenters. The molecule has 2 rings (SSSR count). The zero-order chi connectivity index (χ0) is 23.6. The second-order valence-electron chi connectivity index (χ2n) is 7.21. The fraction of sp³-hybridized carbons (Fsp3) is 0.348. The van der Waals surface area contributed by atoms with Crippen molar-refractivity contribution in [2.24, 2.45) is 11.1 Å². The van der Waals surface area contributed by atoms with Crippen LogP contribution in [0.15, 0.2) is 64.6 Å². The number of esters is 1. The third-order valence-electron chi connectivity index (χ3n) is 4.59. The lowest BCUT2D eigenvalue weighted by molar-refractivity contribution is -0.152. The summed E-state index contributed by atoms with van der Waals surface area (Å²) in [5, 5.41) is 6.41. The molecule has 2 aromatic carbocycles. The van der Waals surface area contributed by atoms with Crippen molar-refractivity contribution in [2.75, 3.05) is 6.61 Å². The van der Waals surface area contributed by atoms with Gasteiger partial charge >= 0.3 is 16.1 Å². The maximum Gasteiger partial charge on any atom is 0.358 e. The predicted octanol–water partition coefficient (Wildman–Crippen LogP) is 3.35. The highest BCUT2D eigenvalue weighted by Gasteiger charge is 2.28. The van der Waals surface area contributed by atoms with Crippen LogP contribution in [-0.2, 0) is 35.3 Å². The minimum Gasteiger partial charge on any atom is -0.465 e. The molecule has 172 valence electrons. The Morgan fingerprint density at radius 1 is 1.06 bits per heavy atom. The molecular formula is C23H28N2O6S. The van der Waals surface area contributed by atoms with E-state index in [9.17, 15) is 18.0 Å². The minimum atomic E-state index is -4.05. The van der Waals surface area contributed by atoms with Gasteiger partial charge in [0.1, 0.15) is 10.8 Å². The lowest BCUT2D eigenvalue weighted by Crippen LogP contribution is -2.36. The van der Waals surface area contributed by atoms with Crippen molar-refractivity contribution < 1.29 is 27.0 Å². The highest BCUT2D eigenvalue weighted by molar-refractivity contribution is 7.86. The maximum absolute atomic E-state index is 12.6. The highest BCUT2D eigenvalue weighted by atomic mass is 32.2. The summed E-state index contributed by atoms with van der Waals surface area (Å²) in [5.74, 6) is -2.15. The number of nitrogens with one attached hydrogen (secondary N) is 1. The van der Waals surface area contributed by atoms with Crippen molar-refractivity contribution in [1.29, 1.82) is 0 Å². The van der Waals surface area contributed by atoms with Crippen LogP contribution in [0.25, 0.3) is 0 Å². The Morgan fingerprint density at radius 3 is 2.34 bits per heavy atom. The van der Waals surface area contributed by atoms with Crippen molar-refractivity contribution in [3.05, 3.63) is 65.7 Å². The molecule has 0 aliphatic carbocycles. The van der Waals surface area contributed by atoms with Crippen LogP contribution >= 0.6 is 0 Å². The van der Waals surface area contributed by atoms with Gasteiger partial charge in [0.15, 0.2) is 0 Å². The number of amides is 1. The van der Waals surface area contributed by atoms with Crippen molar-refractivity contribution in [3.63, 3.8) is 0 Å². The van der Waals surface area contributed by atoms with Gasteiger partial charge in [0, 0.05) is 6.54 Å². The van der Waals surface area contributed by atoms with Gasteiger partial charge in [-0.25, -0.2) is 0 Å². The molecule has 0 saturated heterocycles. The van der Waals surface area contributed by atoms with Crippen LogP contribution in [0.4, 0.5) is 0 Å². The first kappa shape index (κ1) is 25.1. The van der Waals surface area contributed by atoms with Crippen LogP contribution in [0.2, 0.25) is 0 Å². The summed E-state index contributed by atoms with van der Waals surface area (Å²) < 4.78 is 34.3. The molecule has 9 heteroatoms. The topological polar surface area (TPSA) is 111 Å². The first-order valence-corrected chi connectivity index (χ1v) is 11.7. The molecule has 32 heavy (non-hydrogen) atoms. The van der Waals surface area contributed by atoms with Gasteiger partial charge in [-0.1, -0.05) is 53.2 Å². The number of benzene rings is 2. The first-order chi connectivity index (χ1) is 15.2. The van der Waals surface area contributed by atoms with E-state index in [0.717, 1.165) is 11.1 Å². The molecule has 1 atom stereocenters. The van der Waals surface area contributed by atoms with Gasteiger partial charge in [0.05, 0.1) is 12.3 Å². The number of hydrogen-bond acceptors (Lipinski definition) is 7. The molecule has 0 aliphatic rings. The van der Waals surface area contributed by atoms with Crippen molar-refractivity contribution >= 4 is 27.7 Å². The molecule has 2 aromatic rings. The molecule has 0 bridgehead atoms. The van der Waals surface area contributed by atoms with Crippen LogP contribution in [-0.4, -0.2) is 32.6 Å². The standard InChI is InChI=1S/C23H28N2O6S/c1-4-30-23(27)21(22(26)24-16-19-8-6-5-7-9-19)15-12-18(3)25-31-32(28,29)20-13-10-17(2)11-14-20/h5-11,13-14,21H,4,12,15-16H2,1-3H3,(H,24,26)/b25-18+. The SMILES string of the molecule is CCOC(=O)C(CC/C(C)=N/OS(=O)(=O)c1ccc(C)cc1)C(=O)NCc1ccccc1. The monoisotopic (exact) mass is 460 g/mol. The number of aryl methyl sites for hydroxylation is 1. The van der Waals surface area contributed by atoms with Gasteiger partial charge in [-0.3, -0.25) is 13.9 Å². The Bertz CT molecular complexity index is 1030. The summed E-state index contributed by atoms with van der Waals surface area (Å²) in [4.78, 5) is 24.9. The van der Waals surface area contributed by atoms with Gasteiger partial charge in [-0.05, 0) is 51.3 Å². The van der Waals surface area contributed by atoms with Crippen LogP contribution in [0, 0.1) is 12.8 Å². The maximum atomic E-state index is 12.6. The van der Waals surface area contributed by atoms with Crippen LogP contribution in [0.5, 0.6) is 0 Å². The number of carbonyl (C=O) groups excluding carboxylic acids is 2. The second-order valence-corrected chi connectivity index (χ2v) is 8.74. The molecule has 0 aromatic heterocycles. The van der Waals surface area contributed by atoms with Gasteiger partial charge in [0.2, 0.25) is 5.91 Å².